The highest BCUT2D eigenvalue weighted by atomic mass is 32.2. The molecule has 5 aromatic rings. The van der Waals surface area contributed by atoms with E-state index in [4.69, 9.17) is 10.5 Å². The summed E-state index contributed by atoms with van der Waals surface area (Å²) in [5, 5.41) is 2.94. The average Bonchev–Trinajstić information content (AvgIpc) is 3.94. The van der Waals surface area contributed by atoms with Crippen LogP contribution < -0.4 is 20.7 Å². The Kier molecular flexibility index (Phi) is 16.3. The topological polar surface area (TPSA) is 343 Å². The van der Waals surface area contributed by atoms with E-state index < -0.39 is 62.8 Å². The van der Waals surface area contributed by atoms with Gasteiger partial charge in [-0.1, -0.05) is 48.9 Å². The number of anilines is 2. The molecule has 0 fully saturated rings. The number of carbonyl (C=O) groups is 1. The molecule has 7 rings (SSSR count). The Morgan fingerprint density at radius 1 is 0.797 bits per heavy atom. The molecule has 0 radical (unpaired) electrons. The van der Waals surface area contributed by atoms with Crippen molar-refractivity contribution in [1.29, 1.82) is 0 Å². The number of hydrogen-bond acceptors (Lipinski definition) is 15. The van der Waals surface area contributed by atoms with Crippen molar-refractivity contribution < 1.29 is 66.0 Å². The lowest BCUT2D eigenvalue weighted by Gasteiger charge is -2.30. The molecule has 1 amide bonds. The number of fused-ring (bicyclic) bond motifs is 3. The van der Waals surface area contributed by atoms with E-state index in [0.717, 1.165) is 11.1 Å². The van der Waals surface area contributed by atoms with Crippen molar-refractivity contribution in [1.82, 2.24) is 25.3 Å². The number of nitrogens with one attached hydrogen (secondary N) is 2. The fourth-order valence-electron chi connectivity index (χ4n) is 9.30. The number of ether oxygens (including phenoxy) is 1. The highest BCUT2D eigenvalue weighted by Crippen LogP contribution is 2.51. The second-order valence-corrected chi connectivity index (χ2v) is 24.6. The Balaban J connectivity index is 1.08. The first-order valence-corrected chi connectivity index (χ1v) is 29.3. The van der Waals surface area contributed by atoms with Crippen molar-refractivity contribution >= 4 is 80.6 Å². The van der Waals surface area contributed by atoms with Gasteiger partial charge in [-0.3, -0.25) is 23.0 Å². The zero-order valence-corrected chi connectivity index (χ0v) is 43.8. The minimum atomic E-state index is -4.66. The normalized spacial score (nSPS) is 17.5. The lowest BCUT2D eigenvalue weighted by Crippen LogP contribution is -2.30. The Morgan fingerprint density at radius 2 is 1.45 bits per heavy atom. The number of hydrogen-bond donors (Lipinski definition) is 7. The maximum atomic E-state index is 13.1. The molecule has 396 valence electrons. The largest absolute Gasteiger partial charge is 0.471 e. The quantitative estimate of drug-likeness (QED) is 0.0181. The molecule has 2 aliphatic heterocycles. The number of nitrogens with two attached hydrogens (primary N) is 1. The van der Waals surface area contributed by atoms with E-state index in [9.17, 15) is 56.7 Å². The van der Waals surface area contributed by atoms with E-state index in [-0.39, 0.29) is 73.0 Å². The van der Waals surface area contributed by atoms with Crippen molar-refractivity contribution in [3.05, 3.63) is 125 Å². The van der Waals surface area contributed by atoms with Gasteiger partial charge in [0.15, 0.2) is 11.4 Å². The van der Waals surface area contributed by atoms with Crippen LogP contribution >= 0.6 is 0 Å². The highest BCUT2D eigenvalue weighted by molar-refractivity contribution is 7.86. The van der Waals surface area contributed by atoms with E-state index in [1.54, 1.807) is 35.0 Å². The molecule has 0 saturated carbocycles. The molecule has 74 heavy (non-hydrogen) atoms. The third-order valence-corrected chi connectivity index (χ3v) is 16.3. The van der Waals surface area contributed by atoms with Crippen LogP contribution in [0.4, 0.5) is 17.3 Å². The van der Waals surface area contributed by atoms with Gasteiger partial charge in [0.05, 0.1) is 33.0 Å². The fraction of sp³-hybridized carbons (Fsp3) is 0.354. The number of nitrogens with zero attached hydrogens (tertiary/aromatic N) is 5. The molecule has 2 aromatic heterocycles. The molecular formula is C48H57N8O14S4+. The SMILES string of the molecule is CC1(C)C(C=CC=CC=C2N(CCCS(=O)(=O)O)c3ccc(S(=O)(=O)O)cc3C2(C)CCCCC(=O)NCc2ccc(COc3nc(N)nc4nc[nH]c34)cc2)=[N+](CCCS(=O)(=O)O)c2ccc(S(=O)(=O)O)cc21. The predicted octanol–water partition coefficient (Wildman–Crippen LogP) is 5.59. The molecule has 0 saturated heterocycles. The number of rotatable bonds is 23. The second kappa shape index (κ2) is 21.8. The minimum absolute atomic E-state index is 0.0134. The first-order chi connectivity index (χ1) is 34.6. The standard InChI is InChI=1S/C48H56N8O14S4/c1-47(2)36-27-34(73(64,65)66)18-20-38(36)55(23-9-25-71(58,59)60)40(47)11-5-4-6-12-41-48(3,37-28-35(74(67,68)69)19-21-39(37)56(41)24-10-26-72(61,62)63)22-8-7-13-42(57)50-29-32-14-16-33(17-15-32)30-70-45-43-44(52-31-51-43)53-46(49)54-45/h4-6,11-12,14-21,27-28,31H,7-10,13,22-26,29-30H2,1-3H3,(H7-,49,50,51,52,53,54,57,58,59,60,61,62,63,64,65,66,67,68,69)/p+1. The van der Waals surface area contributed by atoms with Crippen molar-refractivity contribution in [3.8, 4) is 5.88 Å². The third-order valence-electron chi connectivity index (χ3n) is 13.0. The van der Waals surface area contributed by atoms with Crippen LogP contribution in [-0.2, 0) is 69.2 Å². The Morgan fingerprint density at radius 3 is 2.12 bits per heavy atom. The van der Waals surface area contributed by atoms with Gasteiger partial charge in [-0.05, 0) is 93.1 Å². The number of aromatic nitrogens is 4. The van der Waals surface area contributed by atoms with Gasteiger partial charge in [0.2, 0.25) is 23.4 Å². The number of allylic oxidation sites excluding steroid dienone is 6. The predicted molar refractivity (Wildman–Crippen MR) is 276 cm³/mol. The fourth-order valence-corrected chi connectivity index (χ4v) is 11.3. The number of benzene rings is 3. The Hall–Kier alpha value is -6.39. The first-order valence-electron chi connectivity index (χ1n) is 23.2. The van der Waals surface area contributed by atoms with E-state index >= 15 is 0 Å². The molecule has 1 unspecified atom stereocenters. The van der Waals surface area contributed by atoms with Gasteiger partial charge in [0, 0.05) is 60.4 Å². The zero-order valence-electron chi connectivity index (χ0n) is 40.5. The minimum Gasteiger partial charge on any atom is -0.471 e. The van der Waals surface area contributed by atoms with Gasteiger partial charge in [-0.2, -0.15) is 48.2 Å². The molecule has 2 aliphatic rings. The third kappa shape index (κ3) is 13.3. The molecular weight excluding hydrogens is 1040 g/mol. The zero-order chi connectivity index (χ0) is 53.9. The number of unbranched alkanes of at least 4 members (excludes halogenated alkanes) is 1. The number of aromatic amines is 1. The van der Waals surface area contributed by atoms with Crippen LogP contribution in [0.15, 0.2) is 113 Å². The van der Waals surface area contributed by atoms with Crippen molar-refractivity contribution in [3.63, 3.8) is 0 Å². The van der Waals surface area contributed by atoms with Crippen LogP contribution in [0.3, 0.4) is 0 Å². The van der Waals surface area contributed by atoms with Crippen LogP contribution in [0.1, 0.15) is 81.5 Å². The van der Waals surface area contributed by atoms with Crippen LogP contribution in [0.25, 0.3) is 11.2 Å². The second-order valence-electron chi connectivity index (χ2n) is 18.6. The molecule has 0 aliphatic carbocycles. The molecule has 3 aromatic carbocycles. The molecule has 0 bridgehead atoms. The van der Waals surface area contributed by atoms with Crippen molar-refractivity contribution in [2.24, 2.45) is 0 Å². The van der Waals surface area contributed by atoms with Gasteiger partial charge in [0.25, 0.3) is 40.5 Å². The number of amides is 1. The molecule has 4 heterocycles. The van der Waals surface area contributed by atoms with E-state index in [1.807, 2.05) is 49.9 Å². The smallest absolute Gasteiger partial charge is 0.294 e. The van der Waals surface area contributed by atoms with Gasteiger partial charge in [0.1, 0.15) is 18.7 Å². The van der Waals surface area contributed by atoms with Crippen LogP contribution in [0.2, 0.25) is 0 Å². The van der Waals surface area contributed by atoms with E-state index in [1.165, 1.54) is 42.7 Å². The number of carbonyl (C=O) groups excluding carboxylic acids is 1. The van der Waals surface area contributed by atoms with Crippen LogP contribution in [0, 0.1) is 0 Å². The number of H-pyrrole nitrogens is 1. The maximum Gasteiger partial charge on any atom is 0.294 e. The monoisotopic (exact) mass is 1100 g/mol. The summed E-state index contributed by atoms with van der Waals surface area (Å²) in [4.78, 5) is 29.5. The summed E-state index contributed by atoms with van der Waals surface area (Å²) in [6.07, 6.45) is 11.6. The van der Waals surface area contributed by atoms with Crippen molar-refractivity contribution in [2.75, 3.05) is 35.2 Å². The Labute approximate surface area is 429 Å². The van der Waals surface area contributed by atoms with E-state index in [0.29, 0.717) is 64.3 Å². The Bertz CT molecular complexity index is 3560. The highest BCUT2D eigenvalue weighted by Gasteiger charge is 2.46. The lowest BCUT2D eigenvalue weighted by molar-refractivity contribution is -0.437. The van der Waals surface area contributed by atoms with Gasteiger partial charge < -0.3 is 25.7 Å². The van der Waals surface area contributed by atoms with Gasteiger partial charge in [-0.15, -0.1) is 0 Å². The average molecular weight is 1100 g/mol. The van der Waals surface area contributed by atoms with Crippen LogP contribution in [0.5, 0.6) is 5.88 Å². The molecule has 22 nitrogen and oxygen atoms in total. The molecule has 0 spiro atoms. The lowest BCUT2D eigenvalue weighted by atomic mass is 9.77. The maximum absolute atomic E-state index is 13.1. The number of imidazole rings is 1. The summed E-state index contributed by atoms with van der Waals surface area (Å²) in [5.74, 6) is -0.992. The van der Waals surface area contributed by atoms with Gasteiger partial charge in [-0.25, -0.2) is 4.98 Å². The summed E-state index contributed by atoms with van der Waals surface area (Å²) >= 11 is 0. The molecule has 26 heteroatoms. The molecule has 8 N–H and O–H groups in total. The first kappa shape index (κ1) is 55.4. The van der Waals surface area contributed by atoms with Gasteiger partial charge >= 0.3 is 0 Å². The summed E-state index contributed by atoms with van der Waals surface area (Å²) in [6, 6.07) is 15.7. The number of nitrogen functional groups attached to an aromatic ring is 1. The molecule has 1 atom stereocenters. The summed E-state index contributed by atoms with van der Waals surface area (Å²) in [7, 11) is -17.9. The summed E-state index contributed by atoms with van der Waals surface area (Å²) < 4.78 is 143. The summed E-state index contributed by atoms with van der Waals surface area (Å²) in [6.45, 7) is 6.21. The summed E-state index contributed by atoms with van der Waals surface area (Å²) in [5.41, 5.74) is 9.99. The van der Waals surface area contributed by atoms with Crippen molar-refractivity contribution in [2.45, 2.75) is 93.1 Å². The van der Waals surface area contributed by atoms with E-state index in [2.05, 4.69) is 25.3 Å². The van der Waals surface area contributed by atoms with Crippen LogP contribution in [-0.4, -0.2) is 113 Å².